The van der Waals surface area contributed by atoms with E-state index in [4.69, 9.17) is 4.74 Å². The van der Waals surface area contributed by atoms with Crippen molar-refractivity contribution >= 4 is 22.8 Å². The van der Waals surface area contributed by atoms with Crippen molar-refractivity contribution in [3.63, 3.8) is 0 Å². The summed E-state index contributed by atoms with van der Waals surface area (Å²) in [5.74, 6) is -1.30. The van der Waals surface area contributed by atoms with E-state index in [9.17, 15) is 14.0 Å². The van der Waals surface area contributed by atoms with Gasteiger partial charge in [-0.1, -0.05) is 24.3 Å². The number of hydrogen-bond donors (Lipinski definition) is 2. The number of carbonyl (C=O) groups excluding carboxylic acids is 2. The fourth-order valence-electron chi connectivity index (χ4n) is 2.70. The minimum Gasteiger partial charge on any atom is -0.467 e. The Morgan fingerprint density at radius 2 is 1.92 bits per heavy atom. The van der Waals surface area contributed by atoms with Gasteiger partial charge in [-0.3, -0.25) is 4.79 Å². The normalized spacial score (nSPS) is 11.9. The van der Waals surface area contributed by atoms with Crippen LogP contribution in [-0.4, -0.2) is 30.0 Å². The maximum atomic E-state index is 13.0. The molecule has 1 amide bonds. The van der Waals surface area contributed by atoms with Crippen molar-refractivity contribution in [2.24, 2.45) is 0 Å². The molecule has 6 heteroatoms. The first-order chi connectivity index (χ1) is 12.1. The largest absolute Gasteiger partial charge is 0.467 e. The summed E-state index contributed by atoms with van der Waals surface area (Å²) in [6.07, 6.45) is 1.96. The summed E-state index contributed by atoms with van der Waals surface area (Å²) in [6.45, 7) is 0. The van der Waals surface area contributed by atoms with E-state index in [1.165, 1.54) is 19.2 Å². The Morgan fingerprint density at radius 1 is 1.16 bits per heavy atom. The molecule has 5 nitrogen and oxygen atoms in total. The highest BCUT2D eigenvalue weighted by Crippen LogP contribution is 2.17. The molecule has 1 atom stereocenters. The van der Waals surface area contributed by atoms with Crippen molar-refractivity contribution in [3.8, 4) is 0 Å². The van der Waals surface area contributed by atoms with E-state index in [0.717, 1.165) is 10.9 Å². The first-order valence-corrected chi connectivity index (χ1v) is 7.77. The number of aromatic nitrogens is 1. The Labute approximate surface area is 143 Å². The lowest BCUT2D eigenvalue weighted by Gasteiger charge is -2.17. The Hall–Kier alpha value is -3.15. The Balaban J connectivity index is 1.82. The van der Waals surface area contributed by atoms with Crippen molar-refractivity contribution in [1.29, 1.82) is 0 Å². The van der Waals surface area contributed by atoms with Gasteiger partial charge in [0.2, 0.25) is 0 Å². The minimum absolute atomic E-state index is 0.208. The van der Waals surface area contributed by atoms with Crippen LogP contribution in [0.2, 0.25) is 0 Å². The van der Waals surface area contributed by atoms with E-state index in [1.807, 2.05) is 12.1 Å². The predicted molar refractivity (Wildman–Crippen MR) is 91.7 cm³/mol. The average molecular weight is 340 g/mol. The predicted octanol–water partition coefficient (Wildman–Crippen LogP) is 2.82. The number of rotatable bonds is 5. The molecule has 0 aliphatic carbocycles. The molecule has 0 saturated heterocycles. The number of nitrogens with one attached hydrogen (secondary N) is 2. The SMILES string of the molecule is COC(=O)[C@@H](Cc1ccc(F)cc1)NC(=O)c1cccc2cc[nH]c12. The first kappa shape index (κ1) is 16.7. The topological polar surface area (TPSA) is 71.2 Å². The maximum absolute atomic E-state index is 13.0. The maximum Gasteiger partial charge on any atom is 0.328 e. The molecule has 3 aromatic rings. The Morgan fingerprint density at radius 3 is 2.64 bits per heavy atom. The van der Waals surface area contributed by atoms with Gasteiger partial charge in [-0.15, -0.1) is 0 Å². The number of methoxy groups -OCH3 is 1. The molecule has 3 rings (SSSR count). The van der Waals surface area contributed by atoms with Crippen LogP contribution in [0.25, 0.3) is 10.9 Å². The van der Waals surface area contributed by atoms with E-state index < -0.39 is 12.0 Å². The van der Waals surface area contributed by atoms with E-state index in [0.29, 0.717) is 11.1 Å². The number of aromatic amines is 1. The monoisotopic (exact) mass is 340 g/mol. The average Bonchev–Trinajstić information content (AvgIpc) is 3.10. The van der Waals surface area contributed by atoms with Crippen LogP contribution in [-0.2, 0) is 16.0 Å². The summed E-state index contributed by atoms with van der Waals surface area (Å²) < 4.78 is 17.8. The van der Waals surface area contributed by atoms with E-state index >= 15 is 0 Å². The van der Waals surface area contributed by atoms with Crippen LogP contribution < -0.4 is 5.32 Å². The summed E-state index contributed by atoms with van der Waals surface area (Å²) in [5.41, 5.74) is 1.86. The molecule has 0 fully saturated rings. The molecule has 0 aliphatic heterocycles. The van der Waals surface area contributed by atoms with E-state index in [2.05, 4.69) is 10.3 Å². The Kier molecular flexibility index (Phi) is 4.79. The minimum atomic E-state index is -0.867. The standard InChI is InChI=1S/C19H17FN2O3/c1-25-19(24)16(11-12-5-7-14(20)8-6-12)22-18(23)15-4-2-3-13-9-10-21-17(13)15/h2-10,16,21H,11H2,1H3,(H,22,23)/t16-/m1/s1. The van der Waals surface area contributed by atoms with Gasteiger partial charge >= 0.3 is 5.97 Å². The molecule has 128 valence electrons. The number of fused-ring (bicyclic) bond motifs is 1. The van der Waals surface area contributed by atoms with Crippen molar-refractivity contribution in [3.05, 3.63) is 71.7 Å². The summed E-state index contributed by atoms with van der Waals surface area (Å²) in [7, 11) is 1.26. The first-order valence-electron chi connectivity index (χ1n) is 7.77. The number of halogens is 1. The molecule has 0 bridgehead atoms. The van der Waals surface area contributed by atoms with Crippen LogP contribution in [0.4, 0.5) is 4.39 Å². The molecule has 0 unspecified atom stereocenters. The molecule has 0 saturated carbocycles. The van der Waals surface area contributed by atoms with Gasteiger partial charge in [0, 0.05) is 18.0 Å². The van der Waals surface area contributed by atoms with E-state index in [1.54, 1.807) is 30.5 Å². The van der Waals surface area contributed by atoms with Gasteiger partial charge in [0.25, 0.3) is 5.91 Å². The van der Waals surface area contributed by atoms with Gasteiger partial charge in [-0.05, 0) is 29.8 Å². The molecule has 0 spiro atoms. The molecule has 1 aromatic heterocycles. The number of H-pyrrole nitrogens is 1. The lowest BCUT2D eigenvalue weighted by Crippen LogP contribution is -2.43. The molecular weight excluding hydrogens is 323 g/mol. The molecular formula is C19H17FN2O3. The van der Waals surface area contributed by atoms with Gasteiger partial charge in [0.1, 0.15) is 11.9 Å². The fraction of sp³-hybridized carbons (Fsp3) is 0.158. The number of esters is 1. The van der Waals surface area contributed by atoms with Gasteiger partial charge < -0.3 is 15.0 Å². The number of ether oxygens (including phenoxy) is 1. The van der Waals surface area contributed by atoms with E-state index in [-0.39, 0.29) is 18.1 Å². The van der Waals surface area contributed by atoms with Gasteiger partial charge in [-0.25, -0.2) is 9.18 Å². The number of amides is 1. The smallest absolute Gasteiger partial charge is 0.328 e. The third-order valence-corrected chi connectivity index (χ3v) is 3.98. The quantitative estimate of drug-likeness (QED) is 0.702. The zero-order valence-corrected chi connectivity index (χ0v) is 13.6. The second-order valence-corrected chi connectivity index (χ2v) is 5.63. The van der Waals surface area contributed by atoms with Crippen LogP contribution >= 0.6 is 0 Å². The molecule has 0 radical (unpaired) electrons. The second-order valence-electron chi connectivity index (χ2n) is 5.63. The molecule has 0 aliphatic rings. The van der Waals surface area contributed by atoms with Crippen molar-refractivity contribution in [1.82, 2.24) is 10.3 Å². The van der Waals surface area contributed by atoms with Crippen molar-refractivity contribution < 1.29 is 18.7 Å². The Bertz CT molecular complexity index is 902. The highest BCUT2D eigenvalue weighted by Gasteiger charge is 2.23. The third kappa shape index (κ3) is 3.68. The fourth-order valence-corrected chi connectivity index (χ4v) is 2.70. The summed E-state index contributed by atoms with van der Waals surface area (Å²) in [6, 6.07) is 12.1. The van der Waals surface area contributed by atoms with Crippen LogP contribution in [0.15, 0.2) is 54.7 Å². The summed E-state index contributed by atoms with van der Waals surface area (Å²) >= 11 is 0. The van der Waals surface area contributed by atoms with Gasteiger partial charge in [0.05, 0.1) is 18.2 Å². The van der Waals surface area contributed by atoms with Gasteiger partial charge in [0.15, 0.2) is 0 Å². The number of hydrogen-bond acceptors (Lipinski definition) is 3. The number of carbonyl (C=O) groups is 2. The number of benzene rings is 2. The molecule has 2 aromatic carbocycles. The van der Waals surface area contributed by atoms with Crippen LogP contribution in [0.5, 0.6) is 0 Å². The molecule has 2 N–H and O–H groups in total. The highest BCUT2D eigenvalue weighted by atomic mass is 19.1. The summed E-state index contributed by atoms with van der Waals surface area (Å²) in [4.78, 5) is 27.7. The summed E-state index contributed by atoms with van der Waals surface area (Å²) in [5, 5.41) is 3.61. The lowest BCUT2D eigenvalue weighted by atomic mass is 10.0. The molecule has 1 heterocycles. The number of para-hydroxylation sites is 1. The zero-order valence-electron chi connectivity index (χ0n) is 13.6. The molecule has 25 heavy (non-hydrogen) atoms. The van der Waals surface area contributed by atoms with Crippen LogP contribution in [0.1, 0.15) is 15.9 Å². The van der Waals surface area contributed by atoms with Crippen molar-refractivity contribution in [2.75, 3.05) is 7.11 Å². The van der Waals surface area contributed by atoms with Crippen LogP contribution in [0, 0.1) is 5.82 Å². The zero-order chi connectivity index (χ0) is 17.8. The highest BCUT2D eigenvalue weighted by molar-refractivity contribution is 6.06. The second kappa shape index (κ2) is 7.17. The van der Waals surface area contributed by atoms with Gasteiger partial charge in [-0.2, -0.15) is 0 Å². The third-order valence-electron chi connectivity index (χ3n) is 3.98. The van der Waals surface area contributed by atoms with Crippen molar-refractivity contribution in [2.45, 2.75) is 12.5 Å². The lowest BCUT2D eigenvalue weighted by molar-refractivity contribution is -0.142. The van der Waals surface area contributed by atoms with Crippen LogP contribution in [0.3, 0.4) is 0 Å².